The lowest BCUT2D eigenvalue weighted by molar-refractivity contribution is 0.0983. The Balaban J connectivity index is 0.000000168. The third kappa shape index (κ3) is 8.13. The quantitative estimate of drug-likeness (QED) is 0.160. The van der Waals surface area contributed by atoms with Gasteiger partial charge in [-0.15, -0.1) is 5.10 Å². The number of amides is 2. The van der Waals surface area contributed by atoms with Crippen molar-refractivity contribution in [3.8, 4) is 28.4 Å². The molecule has 0 saturated carbocycles. The van der Waals surface area contributed by atoms with Crippen LogP contribution in [0, 0.1) is 0 Å². The first-order valence-electron chi connectivity index (χ1n) is 21.6. The molecule has 11 rings (SSSR count). The van der Waals surface area contributed by atoms with E-state index in [1.54, 1.807) is 36.1 Å². The molecule has 7 aromatic heterocycles. The number of primary amides is 1. The average molecular weight is 916 g/mol. The van der Waals surface area contributed by atoms with Gasteiger partial charge in [-0.05, 0) is 42.5 Å². The molecule has 7 N–H and O–H groups in total. The number of methoxy groups -OCH3 is 1. The van der Waals surface area contributed by atoms with Crippen LogP contribution in [-0.2, 0) is 9.47 Å². The Labute approximate surface area is 387 Å². The SMILES string of the molecule is COc1cc(-c2nn(-c3ccnc(C(N)=O)c3)c3ncnc(N)c23)ccc1N(C)C(=O)c1cc2ccccc2[nH]1.Nc1ncnc2c1c(N1CCOCC1)nn2-c1ccnc(N2CCOCC2)c1. The average Bonchev–Trinajstić information content (AvgIpc) is 4.12. The lowest BCUT2D eigenvalue weighted by atomic mass is 10.1. The molecular weight excluding hydrogens is 871 g/mol. The number of ether oxygens (including phenoxy) is 3. The molecule has 68 heavy (non-hydrogen) atoms. The Kier molecular flexibility index (Phi) is 11.6. The molecule has 0 aliphatic carbocycles. The third-order valence-corrected chi connectivity index (χ3v) is 11.7. The summed E-state index contributed by atoms with van der Waals surface area (Å²) in [7, 11) is 3.21. The molecule has 2 fully saturated rings. The number of carbonyl (C=O) groups is 2. The number of morpholine rings is 2. The molecule has 0 atom stereocenters. The van der Waals surface area contributed by atoms with E-state index in [0.29, 0.717) is 83.0 Å². The van der Waals surface area contributed by atoms with Crippen molar-refractivity contribution in [1.29, 1.82) is 0 Å². The van der Waals surface area contributed by atoms with Crippen molar-refractivity contribution in [1.82, 2.24) is 54.4 Å². The fraction of sp³-hybridized carbons (Fsp3) is 0.217. The number of carbonyl (C=O) groups excluding carboxylic acids is 2. The number of aromatic amines is 1. The van der Waals surface area contributed by atoms with Crippen molar-refractivity contribution in [2.24, 2.45) is 5.73 Å². The second kappa shape index (κ2) is 18.3. The van der Waals surface area contributed by atoms with E-state index >= 15 is 0 Å². The van der Waals surface area contributed by atoms with Gasteiger partial charge in [0.15, 0.2) is 17.1 Å². The van der Waals surface area contributed by atoms with E-state index in [4.69, 9.17) is 41.6 Å². The highest BCUT2D eigenvalue weighted by atomic mass is 16.5. The highest BCUT2D eigenvalue weighted by Gasteiger charge is 2.25. The van der Waals surface area contributed by atoms with Crippen LogP contribution in [0.3, 0.4) is 0 Å². The van der Waals surface area contributed by atoms with Gasteiger partial charge in [0.1, 0.15) is 58.3 Å². The Morgan fingerprint density at radius 2 is 1.37 bits per heavy atom. The largest absolute Gasteiger partial charge is 0.495 e. The number of hydrogen-bond donors (Lipinski definition) is 4. The number of hydrogen-bond acceptors (Lipinski definition) is 17. The molecule has 2 amide bonds. The molecular formula is C46H45N17O5. The first-order chi connectivity index (χ1) is 33.2. The van der Waals surface area contributed by atoms with Crippen molar-refractivity contribution in [3.05, 3.63) is 109 Å². The number of benzene rings is 2. The maximum absolute atomic E-state index is 13.3. The minimum atomic E-state index is -0.667. The zero-order chi connectivity index (χ0) is 46.9. The number of nitrogen functional groups attached to an aromatic ring is 2. The van der Waals surface area contributed by atoms with Gasteiger partial charge < -0.3 is 51.1 Å². The van der Waals surface area contributed by atoms with Crippen LogP contribution in [0.1, 0.15) is 21.0 Å². The number of rotatable bonds is 9. The maximum Gasteiger partial charge on any atom is 0.274 e. The molecule has 0 spiro atoms. The van der Waals surface area contributed by atoms with Gasteiger partial charge in [-0.3, -0.25) is 14.6 Å². The van der Waals surface area contributed by atoms with Crippen LogP contribution >= 0.6 is 0 Å². The monoisotopic (exact) mass is 915 g/mol. The number of para-hydroxylation sites is 1. The third-order valence-electron chi connectivity index (χ3n) is 11.7. The van der Waals surface area contributed by atoms with Gasteiger partial charge in [0, 0.05) is 68.2 Å². The van der Waals surface area contributed by atoms with Crippen molar-refractivity contribution in [2.45, 2.75) is 0 Å². The van der Waals surface area contributed by atoms with Gasteiger partial charge in [0.2, 0.25) is 0 Å². The smallest absolute Gasteiger partial charge is 0.274 e. The molecule has 0 unspecified atom stereocenters. The number of H-pyrrole nitrogens is 1. The fourth-order valence-corrected chi connectivity index (χ4v) is 8.26. The lowest BCUT2D eigenvalue weighted by Crippen LogP contribution is -2.37. The van der Waals surface area contributed by atoms with E-state index < -0.39 is 5.91 Å². The Hall–Kier alpha value is -8.76. The fourth-order valence-electron chi connectivity index (χ4n) is 8.26. The van der Waals surface area contributed by atoms with E-state index in [1.807, 2.05) is 53.2 Å². The molecule has 2 saturated heterocycles. The van der Waals surface area contributed by atoms with Gasteiger partial charge in [0.25, 0.3) is 11.8 Å². The molecule has 344 valence electrons. The zero-order valence-electron chi connectivity index (χ0n) is 37.0. The van der Waals surface area contributed by atoms with Crippen LogP contribution in [0.15, 0.2) is 97.8 Å². The predicted molar refractivity (Wildman–Crippen MR) is 255 cm³/mol. The van der Waals surface area contributed by atoms with Crippen LogP contribution in [-0.4, -0.2) is 133 Å². The van der Waals surface area contributed by atoms with E-state index in [1.165, 1.54) is 36.9 Å². The summed E-state index contributed by atoms with van der Waals surface area (Å²) in [4.78, 5) is 59.8. The standard InChI is InChI=1S/C28H23N9O3.C18H22N8O2/c1-36(28(39)20-11-15-5-3-4-6-18(15)34-20)21-8-7-16(12-22(21)40-2)24-23-25(29)32-14-33-27(23)37(35-24)17-9-10-31-19(13-17)26(30)38;19-16-15-17(22-12-21-16)26(23-18(15)25-5-9-28-10-6-25)13-1-2-20-14(11-13)24-3-7-27-8-4-24/h3-14,34H,1-2H3,(H2,30,38)(H2,29,32,33);1-2,11-12H,3-10H2,(H2,19,21,22). The van der Waals surface area contributed by atoms with E-state index in [0.717, 1.165) is 59.8 Å². The summed E-state index contributed by atoms with van der Waals surface area (Å²) in [5, 5.41) is 11.9. The van der Waals surface area contributed by atoms with Gasteiger partial charge in [-0.25, -0.2) is 34.3 Å². The van der Waals surface area contributed by atoms with Gasteiger partial charge in [-0.1, -0.05) is 24.3 Å². The molecule has 2 aliphatic rings. The Morgan fingerprint density at radius 3 is 2.07 bits per heavy atom. The number of pyridine rings is 2. The van der Waals surface area contributed by atoms with E-state index in [2.05, 4.69) is 44.7 Å². The summed E-state index contributed by atoms with van der Waals surface area (Å²) in [5.74, 6) is 1.91. The van der Waals surface area contributed by atoms with Crippen LogP contribution in [0.2, 0.25) is 0 Å². The van der Waals surface area contributed by atoms with Crippen LogP contribution in [0.5, 0.6) is 5.75 Å². The zero-order valence-corrected chi connectivity index (χ0v) is 37.0. The number of nitrogens with zero attached hydrogens (tertiary/aromatic N) is 13. The second-order valence-electron chi connectivity index (χ2n) is 15.8. The van der Waals surface area contributed by atoms with Gasteiger partial charge in [-0.2, -0.15) is 5.10 Å². The lowest BCUT2D eigenvalue weighted by Gasteiger charge is -2.28. The molecule has 0 bridgehead atoms. The molecule has 2 aliphatic heterocycles. The number of nitrogens with two attached hydrogens (primary N) is 3. The maximum atomic E-state index is 13.3. The summed E-state index contributed by atoms with van der Waals surface area (Å²) in [6.45, 7) is 5.92. The summed E-state index contributed by atoms with van der Waals surface area (Å²) in [5.41, 5.74) is 23.5. The number of nitrogens with one attached hydrogen (secondary N) is 1. The van der Waals surface area contributed by atoms with Crippen LogP contribution in [0.25, 0.3) is 55.6 Å². The topological polar surface area (TPSA) is 278 Å². The highest BCUT2D eigenvalue weighted by molar-refractivity contribution is 6.08. The molecule has 9 aromatic rings. The van der Waals surface area contributed by atoms with Gasteiger partial charge in [0.05, 0.1) is 56.0 Å². The van der Waals surface area contributed by atoms with Crippen molar-refractivity contribution in [3.63, 3.8) is 0 Å². The Bertz CT molecular complexity index is 3310. The normalized spacial score (nSPS) is 14.0. The van der Waals surface area contributed by atoms with Crippen molar-refractivity contribution in [2.75, 3.05) is 92.9 Å². The molecule has 0 radical (unpaired) electrons. The van der Waals surface area contributed by atoms with Gasteiger partial charge >= 0.3 is 0 Å². The first-order valence-corrected chi connectivity index (χ1v) is 21.6. The van der Waals surface area contributed by atoms with Crippen LogP contribution < -0.4 is 36.6 Å². The molecule has 22 heteroatoms. The van der Waals surface area contributed by atoms with Crippen LogP contribution in [0.4, 0.5) is 29.0 Å². The van der Waals surface area contributed by atoms with Crippen molar-refractivity contribution < 1.29 is 23.8 Å². The number of fused-ring (bicyclic) bond motifs is 3. The summed E-state index contributed by atoms with van der Waals surface area (Å²) in [6, 6.07) is 22.0. The molecule has 2 aromatic carbocycles. The molecule has 9 heterocycles. The Morgan fingerprint density at radius 1 is 0.721 bits per heavy atom. The second-order valence-corrected chi connectivity index (χ2v) is 15.8. The number of anilines is 5. The molecule has 22 nitrogen and oxygen atoms in total. The predicted octanol–water partition coefficient (Wildman–Crippen LogP) is 3.79. The highest BCUT2D eigenvalue weighted by Crippen LogP contribution is 2.38. The summed E-state index contributed by atoms with van der Waals surface area (Å²) < 4.78 is 20.0. The summed E-state index contributed by atoms with van der Waals surface area (Å²) >= 11 is 0. The summed E-state index contributed by atoms with van der Waals surface area (Å²) in [6.07, 6.45) is 6.07. The number of aromatic nitrogens is 11. The minimum absolute atomic E-state index is 0.0819. The van der Waals surface area contributed by atoms with E-state index in [9.17, 15) is 9.59 Å². The first kappa shape index (κ1) is 43.1. The van der Waals surface area contributed by atoms with E-state index in [-0.39, 0.29) is 17.4 Å². The van der Waals surface area contributed by atoms with Crippen molar-refractivity contribution >= 4 is 73.7 Å². The minimum Gasteiger partial charge on any atom is -0.495 e.